The van der Waals surface area contributed by atoms with Gasteiger partial charge < -0.3 is 14.2 Å². The molecule has 226 valence electrons. The van der Waals surface area contributed by atoms with Crippen LogP contribution in [0.15, 0.2) is 24.3 Å². The summed E-state index contributed by atoms with van der Waals surface area (Å²) in [5, 5.41) is 0. The first-order valence-corrected chi connectivity index (χ1v) is 16.7. The largest absolute Gasteiger partial charge is 0.475 e. The van der Waals surface area contributed by atoms with Crippen molar-refractivity contribution in [2.24, 2.45) is 0 Å². The number of benzene rings is 1. The summed E-state index contributed by atoms with van der Waals surface area (Å²) in [6.45, 7) is 14.9. The van der Waals surface area contributed by atoms with Crippen LogP contribution < -0.4 is 9.47 Å². The molecule has 3 rings (SSSR count). The maximum Gasteiger partial charge on any atom is 0.152 e. The Morgan fingerprint density at radius 2 is 0.949 bits per heavy atom. The van der Waals surface area contributed by atoms with Gasteiger partial charge in [-0.15, -0.1) is 0 Å². The maximum atomic E-state index is 6.59. The molecule has 0 fully saturated rings. The molecular weight excluding hydrogens is 484 g/mol. The molecule has 2 unspecified atom stereocenters. The van der Waals surface area contributed by atoms with Crippen LogP contribution in [0.5, 0.6) is 11.5 Å². The molecule has 0 saturated carbocycles. The molecule has 0 amide bonds. The molecule has 1 aromatic rings. The zero-order chi connectivity index (χ0) is 28.0. The van der Waals surface area contributed by atoms with E-state index in [0.717, 1.165) is 76.6 Å². The van der Waals surface area contributed by atoms with E-state index in [2.05, 4.69) is 61.8 Å². The van der Waals surface area contributed by atoms with E-state index in [9.17, 15) is 0 Å². The van der Waals surface area contributed by atoms with Crippen LogP contribution in [0.4, 0.5) is 0 Å². The van der Waals surface area contributed by atoms with Crippen molar-refractivity contribution in [2.75, 3.05) is 39.4 Å². The number of unbranched alkanes of at least 4 members (excludes halogenated alkanes) is 10. The Bertz CT molecular complexity index is 627. The van der Waals surface area contributed by atoms with Crippen LogP contribution in [0.2, 0.25) is 0 Å². The first kappa shape index (κ1) is 33.9. The molecule has 1 aromatic carbocycles. The van der Waals surface area contributed by atoms with E-state index in [1.807, 2.05) is 0 Å². The monoisotopic (exact) mass is 546 g/mol. The molecule has 0 spiro atoms. The van der Waals surface area contributed by atoms with Gasteiger partial charge in [-0.3, -0.25) is 9.80 Å². The molecule has 39 heavy (non-hydrogen) atoms. The molecule has 2 aliphatic heterocycles. The summed E-state index contributed by atoms with van der Waals surface area (Å²) >= 11 is 0. The normalized spacial score (nSPS) is 19.0. The van der Waals surface area contributed by atoms with E-state index < -0.39 is 0 Å². The van der Waals surface area contributed by atoms with E-state index in [1.54, 1.807) is 0 Å². The van der Waals surface area contributed by atoms with Crippen molar-refractivity contribution in [3.8, 4) is 11.5 Å². The van der Waals surface area contributed by atoms with Crippen molar-refractivity contribution in [1.82, 2.24) is 9.80 Å². The fourth-order valence-corrected chi connectivity index (χ4v) is 5.57. The molecule has 0 radical (unpaired) electrons. The van der Waals surface area contributed by atoms with Gasteiger partial charge in [0.15, 0.2) is 12.5 Å². The molecule has 2 atom stereocenters. The van der Waals surface area contributed by atoms with Gasteiger partial charge in [-0.05, 0) is 63.0 Å². The predicted molar refractivity (Wildman–Crippen MR) is 166 cm³/mol. The zero-order valence-corrected chi connectivity index (χ0v) is 26.1. The standard InChI is InChI=1S/C34H62N2O3/c1-5-9-11-13-15-17-27-35(7-3)33-21-19-29-37-30-20-22-34(39-32-25-23-31(38-33)24-26-32)36(8-4)28-18-16-14-12-10-6-2/h23-26,33-34H,5-22,27-30H2,1-4H3. The second-order valence-electron chi connectivity index (χ2n) is 11.3. The highest BCUT2D eigenvalue weighted by Gasteiger charge is 2.21. The molecule has 0 saturated heterocycles. The highest BCUT2D eigenvalue weighted by Crippen LogP contribution is 2.24. The fraction of sp³-hybridized carbons (Fsp3) is 0.824. The summed E-state index contributed by atoms with van der Waals surface area (Å²) < 4.78 is 19.3. The topological polar surface area (TPSA) is 34.2 Å². The van der Waals surface area contributed by atoms with E-state index in [1.165, 1.54) is 77.0 Å². The van der Waals surface area contributed by atoms with Crippen LogP contribution in [0, 0.1) is 0 Å². The molecule has 0 aromatic heterocycles. The van der Waals surface area contributed by atoms with Crippen molar-refractivity contribution < 1.29 is 14.2 Å². The van der Waals surface area contributed by atoms with Gasteiger partial charge in [-0.25, -0.2) is 0 Å². The Labute approximate surface area is 242 Å². The first-order valence-electron chi connectivity index (χ1n) is 16.7. The lowest BCUT2D eigenvalue weighted by atomic mass is 10.1. The third kappa shape index (κ3) is 14.8. The number of hydrogen-bond acceptors (Lipinski definition) is 5. The Kier molecular flexibility index (Phi) is 19.5. The zero-order valence-electron chi connectivity index (χ0n) is 26.1. The Morgan fingerprint density at radius 1 is 0.564 bits per heavy atom. The van der Waals surface area contributed by atoms with Crippen LogP contribution in [0.1, 0.15) is 130 Å². The molecule has 2 heterocycles. The molecule has 2 aliphatic rings. The lowest BCUT2D eigenvalue weighted by Gasteiger charge is -2.32. The van der Waals surface area contributed by atoms with Crippen LogP contribution >= 0.6 is 0 Å². The summed E-state index contributed by atoms with van der Waals surface area (Å²) in [6.07, 6.45) is 20.1. The third-order valence-corrected chi connectivity index (χ3v) is 8.07. The summed E-state index contributed by atoms with van der Waals surface area (Å²) in [6, 6.07) is 8.38. The molecule has 0 N–H and O–H groups in total. The summed E-state index contributed by atoms with van der Waals surface area (Å²) in [7, 11) is 0. The molecule has 2 bridgehead atoms. The number of nitrogens with zero attached hydrogens (tertiary/aromatic N) is 2. The van der Waals surface area contributed by atoms with Gasteiger partial charge in [-0.2, -0.15) is 0 Å². The predicted octanol–water partition coefficient (Wildman–Crippen LogP) is 9.05. The average Bonchev–Trinajstić information content (AvgIpc) is 2.97. The summed E-state index contributed by atoms with van der Waals surface area (Å²) in [5.41, 5.74) is 0. The van der Waals surface area contributed by atoms with E-state index in [0.29, 0.717) is 0 Å². The lowest BCUT2D eigenvalue weighted by Crippen LogP contribution is -2.40. The number of fused-ring (bicyclic) bond motifs is 12. The summed E-state index contributed by atoms with van der Waals surface area (Å²) in [5.74, 6) is 1.86. The number of ether oxygens (including phenoxy) is 3. The highest BCUT2D eigenvalue weighted by atomic mass is 16.5. The third-order valence-electron chi connectivity index (χ3n) is 8.07. The van der Waals surface area contributed by atoms with Crippen LogP contribution in [0.3, 0.4) is 0 Å². The maximum absolute atomic E-state index is 6.59. The van der Waals surface area contributed by atoms with Crippen molar-refractivity contribution in [3.05, 3.63) is 24.3 Å². The van der Waals surface area contributed by atoms with Crippen molar-refractivity contribution in [3.63, 3.8) is 0 Å². The SMILES string of the molecule is CCCCCCCCN(CC)C1CCCOCCCC(N(CC)CCCCCCCC)Oc2ccc(cc2)O1. The highest BCUT2D eigenvalue weighted by molar-refractivity contribution is 5.31. The minimum absolute atomic E-state index is 0.0896. The Morgan fingerprint density at radius 3 is 1.33 bits per heavy atom. The minimum Gasteiger partial charge on any atom is -0.475 e. The first-order chi connectivity index (χ1) is 19.2. The molecule has 0 aliphatic carbocycles. The van der Waals surface area contributed by atoms with Gasteiger partial charge in [-0.1, -0.05) is 91.9 Å². The van der Waals surface area contributed by atoms with Gasteiger partial charge in [0, 0.05) is 39.1 Å². The van der Waals surface area contributed by atoms with Gasteiger partial charge in [0.1, 0.15) is 11.5 Å². The van der Waals surface area contributed by atoms with E-state index in [-0.39, 0.29) is 12.5 Å². The van der Waals surface area contributed by atoms with Crippen molar-refractivity contribution >= 4 is 0 Å². The second-order valence-corrected chi connectivity index (χ2v) is 11.3. The van der Waals surface area contributed by atoms with Gasteiger partial charge in [0.25, 0.3) is 0 Å². The molecule has 5 nitrogen and oxygen atoms in total. The lowest BCUT2D eigenvalue weighted by molar-refractivity contribution is 0.00715. The Balaban J connectivity index is 1.98. The van der Waals surface area contributed by atoms with Crippen LogP contribution in [-0.4, -0.2) is 61.6 Å². The van der Waals surface area contributed by atoms with Gasteiger partial charge >= 0.3 is 0 Å². The quantitative estimate of drug-likeness (QED) is 0.172. The minimum atomic E-state index is 0.0896. The van der Waals surface area contributed by atoms with Crippen LogP contribution in [-0.2, 0) is 4.74 Å². The van der Waals surface area contributed by atoms with Gasteiger partial charge in [0.2, 0.25) is 0 Å². The second kappa shape index (κ2) is 22.4. The van der Waals surface area contributed by atoms with Crippen molar-refractivity contribution in [1.29, 1.82) is 0 Å². The average molecular weight is 547 g/mol. The fourth-order valence-electron chi connectivity index (χ4n) is 5.57. The van der Waals surface area contributed by atoms with Crippen molar-refractivity contribution in [2.45, 2.75) is 143 Å². The molecule has 5 heteroatoms. The number of rotatable bonds is 18. The Hall–Kier alpha value is -1.30. The molecular formula is C34H62N2O3. The number of hydrogen-bond donors (Lipinski definition) is 0. The van der Waals surface area contributed by atoms with E-state index in [4.69, 9.17) is 14.2 Å². The van der Waals surface area contributed by atoms with E-state index >= 15 is 0 Å². The summed E-state index contributed by atoms with van der Waals surface area (Å²) in [4.78, 5) is 5.03. The smallest absolute Gasteiger partial charge is 0.152 e. The van der Waals surface area contributed by atoms with Gasteiger partial charge in [0.05, 0.1) is 0 Å². The van der Waals surface area contributed by atoms with Crippen LogP contribution in [0.25, 0.3) is 0 Å².